The number of ether oxygens (including phenoxy) is 1. The summed E-state index contributed by atoms with van der Waals surface area (Å²) in [6.45, 7) is 3.49. The lowest BCUT2D eigenvalue weighted by molar-refractivity contribution is -0.132. The number of amides is 1. The minimum absolute atomic E-state index is 0.0173. The largest absolute Gasteiger partial charge is 0.483 e. The summed E-state index contributed by atoms with van der Waals surface area (Å²) in [6, 6.07) is 3.72. The Morgan fingerprint density at radius 3 is 2.74 bits per heavy atom. The first-order valence-corrected chi connectivity index (χ1v) is 7.21. The lowest BCUT2D eigenvalue weighted by Crippen LogP contribution is -2.32. The second kappa shape index (κ2) is 6.39. The molecule has 4 nitrogen and oxygen atoms in total. The second-order valence-corrected chi connectivity index (χ2v) is 5.66. The van der Waals surface area contributed by atoms with Crippen LogP contribution < -0.4 is 4.74 Å². The van der Waals surface area contributed by atoms with Gasteiger partial charge in [-0.1, -0.05) is 15.9 Å². The normalized spacial score (nSPS) is 14.8. The van der Waals surface area contributed by atoms with E-state index in [9.17, 15) is 9.90 Å². The van der Waals surface area contributed by atoms with Gasteiger partial charge in [-0.3, -0.25) is 4.79 Å². The Morgan fingerprint density at radius 1 is 1.42 bits per heavy atom. The Morgan fingerprint density at radius 2 is 2.11 bits per heavy atom. The van der Waals surface area contributed by atoms with Crippen molar-refractivity contribution in [2.45, 2.75) is 26.4 Å². The summed E-state index contributed by atoms with van der Waals surface area (Å²) in [5.74, 6) is 0.627. The van der Waals surface area contributed by atoms with Crippen LogP contribution in [0.3, 0.4) is 0 Å². The molecule has 0 bridgehead atoms. The van der Waals surface area contributed by atoms with E-state index in [2.05, 4.69) is 15.9 Å². The van der Waals surface area contributed by atoms with Crippen LogP contribution in [0.25, 0.3) is 0 Å². The molecule has 1 aromatic rings. The molecule has 1 aliphatic rings. The molecule has 1 amide bonds. The van der Waals surface area contributed by atoms with Crippen molar-refractivity contribution in [2.24, 2.45) is 0 Å². The molecule has 1 heterocycles. The minimum Gasteiger partial charge on any atom is -0.483 e. The zero-order chi connectivity index (χ0) is 13.8. The molecule has 0 unspecified atom stereocenters. The highest BCUT2D eigenvalue weighted by molar-refractivity contribution is 9.10. The fourth-order valence-electron chi connectivity index (χ4n) is 2.31. The number of carbonyl (C=O) groups excluding carboxylic acids is 1. The van der Waals surface area contributed by atoms with Gasteiger partial charge in [0.15, 0.2) is 6.61 Å². The molecule has 0 radical (unpaired) electrons. The Balaban J connectivity index is 2.04. The molecule has 5 heteroatoms. The summed E-state index contributed by atoms with van der Waals surface area (Å²) < 4.78 is 6.51. The number of halogens is 1. The average molecular weight is 328 g/mol. The quantitative estimate of drug-likeness (QED) is 0.922. The first-order chi connectivity index (χ1) is 9.11. The summed E-state index contributed by atoms with van der Waals surface area (Å²) >= 11 is 3.38. The highest BCUT2D eigenvalue weighted by atomic mass is 79.9. The maximum Gasteiger partial charge on any atom is 0.260 e. The summed E-state index contributed by atoms with van der Waals surface area (Å²) in [5.41, 5.74) is 1.61. The maximum atomic E-state index is 11.9. The average Bonchev–Trinajstić information content (AvgIpc) is 2.90. The van der Waals surface area contributed by atoms with Gasteiger partial charge in [-0.25, -0.2) is 0 Å². The minimum atomic E-state index is -0.104. The third-order valence-electron chi connectivity index (χ3n) is 3.29. The van der Waals surface area contributed by atoms with Gasteiger partial charge < -0.3 is 14.7 Å². The molecular formula is C14H18BrNO3. The van der Waals surface area contributed by atoms with E-state index in [-0.39, 0.29) is 19.1 Å². The lowest BCUT2D eigenvalue weighted by Gasteiger charge is -2.18. The topological polar surface area (TPSA) is 49.8 Å². The van der Waals surface area contributed by atoms with E-state index in [1.807, 2.05) is 24.0 Å². The van der Waals surface area contributed by atoms with Crippen LogP contribution in [0.5, 0.6) is 5.75 Å². The van der Waals surface area contributed by atoms with Gasteiger partial charge in [0, 0.05) is 23.1 Å². The number of aliphatic hydroxyl groups excluding tert-OH is 1. The van der Waals surface area contributed by atoms with Gasteiger partial charge in [-0.15, -0.1) is 0 Å². The zero-order valence-electron chi connectivity index (χ0n) is 11.0. The van der Waals surface area contributed by atoms with Crippen molar-refractivity contribution in [3.05, 3.63) is 27.7 Å². The van der Waals surface area contributed by atoms with Crippen LogP contribution in [0.1, 0.15) is 24.0 Å². The Labute approximate surface area is 121 Å². The number of hydrogen-bond donors (Lipinski definition) is 1. The van der Waals surface area contributed by atoms with E-state index in [1.54, 1.807) is 0 Å². The monoisotopic (exact) mass is 327 g/mol. The van der Waals surface area contributed by atoms with Crippen LogP contribution in [-0.2, 0) is 11.4 Å². The van der Waals surface area contributed by atoms with Crippen LogP contribution in [0.2, 0.25) is 0 Å². The van der Waals surface area contributed by atoms with Gasteiger partial charge in [-0.05, 0) is 37.5 Å². The first-order valence-electron chi connectivity index (χ1n) is 6.42. The highest BCUT2D eigenvalue weighted by Crippen LogP contribution is 2.28. The summed E-state index contributed by atoms with van der Waals surface area (Å²) in [5, 5.41) is 9.35. The van der Waals surface area contributed by atoms with Gasteiger partial charge in [0.1, 0.15) is 5.75 Å². The van der Waals surface area contributed by atoms with Crippen molar-refractivity contribution in [3.8, 4) is 5.75 Å². The van der Waals surface area contributed by atoms with E-state index in [4.69, 9.17) is 4.74 Å². The summed E-state index contributed by atoms with van der Waals surface area (Å²) in [7, 11) is 0. The first kappa shape index (κ1) is 14.3. The van der Waals surface area contributed by atoms with E-state index >= 15 is 0 Å². The molecule has 0 spiro atoms. The molecule has 1 fully saturated rings. The molecule has 0 atom stereocenters. The SMILES string of the molecule is Cc1cc(Br)cc(CO)c1OCC(=O)N1CCCC1. The van der Waals surface area contributed by atoms with E-state index < -0.39 is 0 Å². The number of likely N-dealkylation sites (tertiary alicyclic amines) is 1. The van der Waals surface area contributed by atoms with E-state index in [0.29, 0.717) is 11.3 Å². The number of benzene rings is 1. The maximum absolute atomic E-state index is 11.9. The van der Waals surface area contributed by atoms with Gasteiger partial charge in [0.05, 0.1) is 6.61 Å². The highest BCUT2D eigenvalue weighted by Gasteiger charge is 2.19. The number of carbonyl (C=O) groups is 1. The Bertz CT molecular complexity index is 470. The number of aryl methyl sites for hydroxylation is 1. The number of rotatable bonds is 4. The molecule has 1 aliphatic heterocycles. The van der Waals surface area contributed by atoms with Crippen molar-refractivity contribution in [2.75, 3.05) is 19.7 Å². The zero-order valence-corrected chi connectivity index (χ0v) is 12.6. The second-order valence-electron chi connectivity index (χ2n) is 4.75. The third kappa shape index (κ3) is 3.48. The summed E-state index contributed by atoms with van der Waals surface area (Å²) in [4.78, 5) is 13.8. The molecule has 19 heavy (non-hydrogen) atoms. The van der Waals surface area contributed by atoms with E-state index in [1.165, 1.54) is 0 Å². The van der Waals surface area contributed by atoms with Crippen molar-refractivity contribution < 1.29 is 14.6 Å². The fourth-order valence-corrected chi connectivity index (χ4v) is 2.93. The Hall–Kier alpha value is -1.07. The molecule has 1 aromatic carbocycles. The molecule has 1 N–H and O–H groups in total. The van der Waals surface area contributed by atoms with Crippen LogP contribution in [0, 0.1) is 6.92 Å². The van der Waals surface area contributed by atoms with Crippen molar-refractivity contribution >= 4 is 21.8 Å². The van der Waals surface area contributed by atoms with Crippen LogP contribution in [0.4, 0.5) is 0 Å². The van der Waals surface area contributed by atoms with Crippen molar-refractivity contribution in [1.82, 2.24) is 4.90 Å². The molecule has 0 saturated carbocycles. The number of nitrogens with zero attached hydrogens (tertiary/aromatic N) is 1. The van der Waals surface area contributed by atoms with Crippen molar-refractivity contribution in [3.63, 3.8) is 0 Å². The molecule has 0 aromatic heterocycles. The molecule has 2 rings (SSSR count). The van der Waals surface area contributed by atoms with Gasteiger partial charge >= 0.3 is 0 Å². The third-order valence-corrected chi connectivity index (χ3v) is 3.74. The number of aliphatic hydroxyl groups is 1. The lowest BCUT2D eigenvalue weighted by atomic mass is 10.1. The predicted molar refractivity (Wildman–Crippen MR) is 76.1 cm³/mol. The van der Waals surface area contributed by atoms with Crippen LogP contribution >= 0.6 is 15.9 Å². The van der Waals surface area contributed by atoms with Crippen molar-refractivity contribution in [1.29, 1.82) is 0 Å². The number of hydrogen-bond acceptors (Lipinski definition) is 3. The predicted octanol–water partition coefficient (Wildman–Crippen LogP) is 2.25. The van der Waals surface area contributed by atoms with Gasteiger partial charge in [0.25, 0.3) is 5.91 Å². The smallest absolute Gasteiger partial charge is 0.260 e. The van der Waals surface area contributed by atoms with Gasteiger partial charge in [0.2, 0.25) is 0 Å². The molecular weight excluding hydrogens is 310 g/mol. The molecule has 104 valence electrons. The van der Waals surface area contributed by atoms with Crippen LogP contribution in [0.15, 0.2) is 16.6 Å². The standard InChI is InChI=1S/C14H18BrNO3/c1-10-6-12(15)7-11(8-17)14(10)19-9-13(18)16-4-2-3-5-16/h6-7,17H,2-5,8-9H2,1H3. The fraction of sp³-hybridized carbons (Fsp3) is 0.500. The van der Waals surface area contributed by atoms with E-state index in [0.717, 1.165) is 36.0 Å². The van der Waals surface area contributed by atoms with Gasteiger partial charge in [-0.2, -0.15) is 0 Å². The molecule has 0 aliphatic carbocycles. The Kier molecular flexibility index (Phi) is 4.82. The molecule has 1 saturated heterocycles. The summed E-state index contributed by atoms with van der Waals surface area (Å²) in [6.07, 6.45) is 2.15. The van der Waals surface area contributed by atoms with Crippen LogP contribution in [-0.4, -0.2) is 35.6 Å².